The molecular weight excluding hydrogens is 209 g/mol. The van der Waals surface area contributed by atoms with Gasteiger partial charge in [-0.25, -0.2) is 4.39 Å². The van der Waals surface area contributed by atoms with Gasteiger partial charge in [0.2, 0.25) is 0 Å². The van der Waals surface area contributed by atoms with Crippen molar-refractivity contribution in [2.75, 3.05) is 0 Å². The molecule has 0 aliphatic rings. The first-order chi connectivity index (χ1) is 7.58. The zero-order chi connectivity index (χ0) is 12.1. The van der Waals surface area contributed by atoms with E-state index in [9.17, 15) is 4.39 Å². The monoisotopic (exact) mass is 225 g/mol. The van der Waals surface area contributed by atoms with Crippen LogP contribution in [0.15, 0.2) is 23.4 Å². The molecule has 0 fully saturated rings. The Morgan fingerprint density at radius 1 is 1.56 bits per heavy atom. The predicted molar refractivity (Wildman–Crippen MR) is 60.8 cm³/mol. The number of hydrogen-bond donors (Lipinski definition) is 1. The van der Waals surface area contributed by atoms with Crippen molar-refractivity contribution in [2.45, 2.75) is 33.3 Å². The molecule has 88 valence electrons. The van der Waals surface area contributed by atoms with E-state index in [2.05, 4.69) is 5.16 Å². The topological polar surface area (TPSA) is 41.8 Å². The summed E-state index contributed by atoms with van der Waals surface area (Å²) >= 11 is 0. The molecule has 1 aromatic rings. The molecule has 0 heterocycles. The van der Waals surface area contributed by atoms with Gasteiger partial charge < -0.3 is 9.94 Å². The average Bonchev–Trinajstić information content (AvgIpc) is 2.28. The SMILES string of the molecule is CCC(C)Oc1cc(F)ccc1C(C)=NO. The van der Waals surface area contributed by atoms with Gasteiger partial charge in [0.15, 0.2) is 0 Å². The van der Waals surface area contributed by atoms with Crippen molar-refractivity contribution in [3.8, 4) is 5.75 Å². The fourth-order valence-electron chi connectivity index (χ4n) is 1.25. The standard InChI is InChI=1S/C12H16FNO2/c1-4-8(2)16-12-7-10(13)5-6-11(12)9(3)14-15/h5-8,15H,4H2,1-3H3. The lowest BCUT2D eigenvalue weighted by Gasteiger charge is -2.15. The maximum Gasteiger partial charge on any atom is 0.131 e. The van der Waals surface area contributed by atoms with E-state index >= 15 is 0 Å². The Morgan fingerprint density at radius 2 is 2.25 bits per heavy atom. The smallest absolute Gasteiger partial charge is 0.131 e. The molecule has 3 nitrogen and oxygen atoms in total. The highest BCUT2D eigenvalue weighted by Gasteiger charge is 2.11. The summed E-state index contributed by atoms with van der Waals surface area (Å²) in [5, 5.41) is 11.8. The molecule has 0 bridgehead atoms. The van der Waals surface area contributed by atoms with Crippen LogP contribution in [0.25, 0.3) is 0 Å². The lowest BCUT2D eigenvalue weighted by atomic mass is 10.1. The van der Waals surface area contributed by atoms with Crippen LogP contribution in [-0.4, -0.2) is 17.0 Å². The molecule has 1 N–H and O–H groups in total. The van der Waals surface area contributed by atoms with Crippen LogP contribution in [-0.2, 0) is 0 Å². The Morgan fingerprint density at radius 3 is 2.81 bits per heavy atom. The Kier molecular flexibility index (Phi) is 4.28. The van der Waals surface area contributed by atoms with Gasteiger partial charge in [-0.15, -0.1) is 0 Å². The van der Waals surface area contributed by atoms with Crippen molar-refractivity contribution in [2.24, 2.45) is 5.16 Å². The van der Waals surface area contributed by atoms with Crippen LogP contribution in [0.1, 0.15) is 32.8 Å². The molecule has 0 spiro atoms. The maximum absolute atomic E-state index is 13.1. The van der Waals surface area contributed by atoms with Gasteiger partial charge in [-0.1, -0.05) is 12.1 Å². The minimum absolute atomic E-state index is 0.00737. The molecule has 1 atom stereocenters. The lowest BCUT2D eigenvalue weighted by molar-refractivity contribution is 0.216. The van der Waals surface area contributed by atoms with Crippen LogP contribution < -0.4 is 4.74 Å². The van der Waals surface area contributed by atoms with Crippen molar-refractivity contribution < 1.29 is 14.3 Å². The molecule has 1 aromatic carbocycles. The zero-order valence-corrected chi connectivity index (χ0v) is 9.70. The van der Waals surface area contributed by atoms with Gasteiger partial charge in [-0.05, 0) is 32.4 Å². The maximum atomic E-state index is 13.1. The summed E-state index contributed by atoms with van der Waals surface area (Å²) in [5.41, 5.74) is 1.00. The molecule has 0 aromatic heterocycles. The van der Waals surface area contributed by atoms with Crippen LogP contribution in [0.4, 0.5) is 4.39 Å². The molecule has 0 aliphatic heterocycles. The quantitative estimate of drug-likeness (QED) is 0.485. The fraction of sp³-hybridized carbons (Fsp3) is 0.417. The molecule has 4 heteroatoms. The minimum Gasteiger partial charge on any atom is -0.490 e. The second-order valence-electron chi connectivity index (χ2n) is 3.66. The van der Waals surface area contributed by atoms with Gasteiger partial charge in [0.25, 0.3) is 0 Å². The van der Waals surface area contributed by atoms with Gasteiger partial charge >= 0.3 is 0 Å². The normalized spacial score (nSPS) is 13.6. The Bertz CT molecular complexity index is 391. The number of benzene rings is 1. The van der Waals surface area contributed by atoms with Crippen LogP contribution >= 0.6 is 0 Å². The molecule has 0 aliphatic carbocycles. The number of rotatable bonds is 4. The molecule has 1 rings (SSSR count). The van der Waals surface area contributed by atoms with Gasteiger partial charge in [-0.2, -0.15) is 0 Å². The predicted octanol–water partition coefficient (Wildman–Crippen LogP) is 3.20. The van der Waals surface area contributed by atoms with Crippen molar-refractivity contribution in [1.29, 1.82) is 0 Å². The molecule has 1 unspecified atom stereocenters. The van der Waals surface area contributed by atoms with Crippen LogP contribution in [0.3, 0.4) is 0 Å². The van der Waals surface area contributed by atoms with E-state index in [4.69, 9.17) is 9.94 Å². The summed E-state index contributed by atoms with van der Waals surface area (Å²) in [6, 6.07) is 4.16. The van der Waals surface area contributed by atoms with E-state index in [1.807, 2.05) is 13.8 Å². The van der Waals surface area contributed by atoms with Crippen molar-refractivity contribution in [3.63, 3.8) is 0 Å². The molecule has 0 amide bonds. The largest absolute Gasteiger partial charge is 0.490 e. The summed E-state index contributed by atoms with van der Waals surface area (Å²) < 4.78 is 18.7. The number of nitrogens with zero attached hydrogens (tertiary/aromatic N) is 1. The third kappa shape index (κ3) is 2.95. The second-order valence-corrected chi connectivity index (χ2v) is 3.66. The first-order valence-corrected chi connectivity index (χ1v) is 5.23. The van der Waals surface area contributed by atoms with E-state index < -0.39 is 0 Å². The summed E-state index contributed by atoms with van der Waals surface area (Å²) in [5.74, 6) is 0.0393. The van der Waals surface area contributed by atoms with Crippen molar-refractivity contribution in [3.05, 3.63) is 29.6 Å². The van der Waals surface area contributed by atoms with Gasteiger partial charge in [0.05, 0.1) is 11.8 Å². The zero-order valence-electron chi connectivity index (χ0n) is 9.70. The highest BCUT2D eigenvalue weighted by atomic mass is 19.1. The van der Waals surface area contributed by atoms with Crippen LogP contribution in [0.5, 0.6) is 5.75 Å². The number of oxime groups is 1. The average molecular weight is 225 g/mol. The summed E-state index contributed by atoms with van der Waals surface area (Å²) in [6.45, 7) is 5.52. The first-order valence-electron chi connectivity index (χ1n) is 5.23. The van der Waals surface area contributed by atoms with E-state index in [1.165, 1.54) is 12.1 Å². The van der Waals surface area contributed by atoms with Crippen molar-refractivity contribution >= 4 is 5.71 Å². The first kappa shape index (κ1) is 12.5. The van der Waals surface area contributed by atoms with Crippen molar-refractivity contribution in [1.82, 2.24) is 0 Å². The second kappa shape index (κ2) is 5.49. The Hall–Kier alpha value is -1.58. The summed E-state index contributed by atoms with van der Waals surface area (Å²) in [4.78, 5) is 0. The Balaban J connectivity index is 3.08. The number of halogens is 1. The highest BCUT2D eigenvalue weighted by molar-refractivity contribution is 6.00. The van der Waals surface area contributed by atoms with Crippen LogP contribution in [0, 0.1) is 5.82 Å². The number of hydrogen-bond acceptors (Lipinski definition) is 3. The van der Waals surface area contributed by atoms with E-state index in [-0.39, 0.29) is 11.9 Å². The van der Waals surface area contributed by atoms with Gasteiger partial charge in [0.1, 0.15) is 11.6 Å². The highest BCUT2D eigenvalue weighted by Crippen LogP contribution is 2.22. The molecule has 0 saturated carbocycles. The molecule has 0 saturated heterocycles. The van der Waals surface area contributed by atoms with Crippen LogP contribution in [0.2, 0.25) is 0 Å². The molecule has 0 radical (unpaired) electrons. The number of ether oxygens (including phenoxy) is 1. The van der Waals surface area contributed by atoms with E-state index in [0.717, 1.165) is 6.42 Å². The summed E-state index contributed by atoms with van der Waals surface area (Å²) in [6.07, 6.45) is 0.817. The van der Waals surface area contributed by atoms with E-state index in [0.29, 0.717) is 17.0 Å². The summed E-state index contributed by atoms with van der Waals surface area (Å²) in [7, 11) is 0. The van der Waals surface area contributed by atoms with Gasteiger partial charge in [-0.3, -0.25) is 0 Å². The fourth-order valence-corrected chi connectivity index (χ4v) is 1.25. The lowest BCUT2D eigenvalue weighted by Crippen LogP contribution is -2.12. The van der Waals surface area contributed by atoms with E-state index in [1.54, 1.807) is 13.0 Å². The Labute approximate surface area is 94.5 Å². The molecule has 16 heavy (non-hydrogen) atoms. The van der Waals surface area contributed by atoms with Gasteiger partial charge in [0, 0.05) is 11.6 Å². The third-order valence-electron chi connectivity index (χ3n) is 2.39. The molecular formula is C12H16FNO2. The minimum atomic E-state index is -0.368. The third-order valence-corrected chi connectivity index (χ3v) is 2.39.